The molecule has 0 bridgehead atoms. The third-order valence-corrected chi connectivity index (χ3v) is 11.3. The van der Waals surface area contributed by atoms with Gasteiger partial charge < -0.3 is 64.2 Å². The molecule has 0 saturated carbocycles. The van der Waals surface area contributed by atoms with E-state index < -0.39 is 99.3 Å². The van der Waals surface area contributed by atoms with Crippen LogP contribution in [-0.2, 0) is 38.0 Å². The number of esters is 2. The lowest BCUT2D eigenvalue weighted by atomic mass is 9.98. The molecule has 2 aliphatic rings. The van der Waals surface area contributed by atoms with Crippen LogP contribution < -0.4 is 0 Å². The molecule has 7 N–H and O–H groups in total. The van der Waals surface area contributed by atoms with Gasteiger partial charge in [-0.25, -0.2) is 0 Å². The first-order valence-electron chi connectivity index (χ1n) is 24.2. The first-order valence-corrected chi connectivity index (χ1v) is 24.2. The number of carbonyl (C=O) groups excluding carboxylic acids is 2. The summed E-state index contributed by atoms with van der Waals surface area (Å²) in [6, 6.07) is 0. The van der Waals surface area contributed by atoms with Crippen molar-refractivity contribution in [3.05, 3.63) is 48.6 Å². The van der Waals surface area contributed by atoms with Crippen LogP contribution in [0.4, 0.5) is 0 Å². The van der Waals surface area contributed by atoms with Crippen molar-refractivity contribution in [2.75, 3.05) is 26.4 Å². The summed E-state index contributed by atoms with van der Waals surface area (Å²) < 4.78 is 33.5. The standard InChI is InChI=1S/C49H84O15/c1-3-5-7-9-11-13-15-17-18-20-21-23-25-27-29-31-40(51)59-34-37(62-41(52)32-30-28-26-24-22-19-16-14-12-10-8-6-4-2)35-60-48-47(58)45(56)43(54)39(64-48)36-61-49-46(57)44(55)42(53)38(33-50)63-49/h5,7,11,13-14,16-18,37-39,42-50,53-58H,3-4,6,8-10,12,15,19-36H2,1-2H3/b7-5+,13-11+,16-14+,18-17+/t37-,38-,39-,42+,43+,44?,45?,46?,47?,48-,49-/m1/s1. The van der Waals surface area contributed by atoms with Crippen LogP contribution in [0.5, 0.6) is 0 Å². The molecule has 2 rings (SSSR count). The zero-order valence-electron chi connectivity index (χ0n) is 38.8. The Labute approximate surface area is 382 Å². The maximum atomic E-state index is 13.0. The molecule has 0 aromatic heterocycles. The molecule has 4 unspecified atom stereocenters. The van der Waals surface area contributed by atoms with Crippen molar-refractivity contribution in [3.8, 4) is 0 Å². The largest absolute Gasteiger partial charge is 0.462 e. The van der Waals surface area contributed by atoms with Gasteiger partial charge in [0.05, 0.1) is 19.8 Å². The number of aliphatic hydroxyl groups excluding tert-OH is 7. The number of allylic oxidation sites excluding steroid dienone is 8. The highest BCUT2D eigenvalue weighted by atomic mass is 16.7. The first kappa shape index (κ1) is 57.6. The monoisotopic (exact) mass is 913 g/mol. The fourth-order valence-electron chi connectivity index (χ4n) is 7.28. The van der Waals surface area contributed by atoms with Gasteiger partial charge in [0.2, 0.25) is 0 Å². The summed E-state index contributed by atoms with van der Waals surface area (Å²) in [6.45, 7) is 2.41. The maximum Gasteiger partial charge on any atom is 0.306 e. The van der Waals surface area contributed by atoms with E-state index >= 15 is 0 Å². The van der Waals surface area contributed by atoms with Crippen molar-refractivity contribution >= 4 is 11.9 Å². The molecule has 11 atom stereocenters. The van der Waals surface area contributed by atoms with Gasteiger partial charge in [0.1, 0.15) is 55.4 Å². The first-order chi connectivity index (χ1) is 31.0. The molecule has 0 radical (unpaired) electrons. The second-order valence-corrected chi connectivity index (χ2v) is 16.9. The molecule has 0 aromatic rings. The third kappa shape index (κ3) is 24.8. The highest BCUT2D eigenvalue weighted by Crippen LogP contribution is 2.26. The number of aliphatic hydroxyl groups is 7. The molecule has 0 spiro atoms. The molecule has 0 aliphatic carbocycles. The summed E-state index contributed by atoms with van der Waals surface area (Å²) in [5.74, 6) is -0.959. The zero-order valence-corrected chi connectivity index (χ0v) is 38.8. The van der Waals surface area contributed by atoms with Crippen LogP contribution in [-0.4, -0.2) is 142 Å². The lowest BCUT2D eigenvalue weighted by Gasteiger charge is -2.42. The molecule has 2 fully saturated rings. The Morgan fingerprint density at radius 1 is 0.516 bits per heavy atom. The van der Waals surface area contributed by atoms with E-state index in [-0.39, 0.29) is 19.4 Å². The van der Waals surface area contributed by atoms with Gasteiger partial charge >= 0.3 is 11.9 Å². The number of ether oxygens (including phenoxy) is 6. The smallest absolute Gasteiger partial charge is 0.306 e. The van der Waals surface area contributed by atoms with Crippen molar-refractivity contribution in [2.45, 2.75) is 223 Å². The Morgan fingerprint density at radius 2 is 0.984 bits per heavy atom. The molecule has 0 aromatic carbocycles. The zero-order chi connectivity index (χ0) is 46.8. The highest BCUT2D eigenvalue weighted by Gasteiger charge is 2.47. The van der Waals surface area contributed by atoms with E-state index in [1.54, 1.807) is 0 Å². The van der Waals surface area contributed by atoms with Gasteiger partial charge in [0, 0.05) is 12.8 Å². The average molecular weight is 913 g/mol. The molecule has 15 nitrogen and oxygen atoms in total. The van der Waals surface area contributed by atoms with Crippen molar-refractivity contribution < 1.29 is 73.8 Å². The van der Waals surface area contributed by atoms with E-state index in [4.69, 9.17) is 28.4 Å². The number of hydrogen-bond donors (Lipinski definition) is 7. The van der Waals surface area contributed by atoms with Gasteiger partial charge in [0.25, 0.3) is 0 Å². The van der Waals surface area contributed by atoms with Gasteiger partial charge in [-0.3, -0.25) is 9.59 Å². The van der Waals surface area contributed by atoms with Gasteiger partial charge in [-0.15, -0.1) is 0 Å². The van der Waals surface area contributed by atoms with E-state index in [0.29, 0.717) is 12.8 Å². The van der Waals surface area contributed by atoms with Crippen LogP contribution in [0.2, 0.25) is 0 Å². The van der Waals surface area contributed by atoms with E-state index in [9.17, 15) is 45.3 Å². The molecule has 0 amide bonds. The number of rotatable bonds is 36. The summed E-state index contributed by atoms with van der Waals surface area (Å²) in [5, 5.41) is 71.9. The minimum Gasteiger partial charge on any atom is -0.462 e. The van der Waals surface area contributed by atoms with Crippen LogP contribution in [0, 0.1) is 0 Å². The van der Waals surface area contributed by atoms with Gasteiger partial charge in [0.15, 0.2) is 18.7 Å². The van der Waals surface area contributed by atoms with E-state index in [1.165, 1.54) is 25.7 Å². The lowest BCUT2D eigenvalue weighted by Crippen LogP contribution is -2.61. The third-order valence-electron chi connectivity index (χ3n) is 11.3. The summed E-state index contributed by atoms with van der Waals surface area (Å²) in [6.07, 6.45) is 21.4. The lowest BCUT2D eigenvalue weighted by molar-refractivity contribution is -0.332. The highest BCUT2D eigenvalue weighted by molar-refractivity contribution is 5.70. The Hall–Kier alpha value is -2.54. The number of carbonyl (C=O) groups is 2. The van der Waals surface area contributed by atoms with Crippen LogP contribution in [0.1, 0.15) is 155 Å². The molecule has 2 saturated heterocycles. The fraction of sp³-hybridized carbons (Fsp3) is 0.796. The minimum absolute atomic E-state index is 0.150. The molecule has 370 valence electrons. The topological polar surface area (TPSA) is 231 Å². The molecule has 64 heavy (non-hydrogen) atoms. The average Bonchev–Trinajstić information content (AvgIpc) is 3.29. The number of unbranched alkanes of at least 4 members (excludes halogenated alkanes) is 14. The van der Waals surface area contributed by atoms with Crippen LogP contribution in [0.3, 0.4) is 0 Å². The summed E-state index contributed by atoms with van der Waals surface area (Å²) in [5.41, 5.74) is 0. The molecule has 2 heterocycles. The van der Waals surface area contributed by atoms with E-state index in [1.807, 2.05) is 0 Å². The van der Waals surface area contributed by atoms with E-state index in [2.05, 4.69) is 62.5 Å². The second-order valence-electron chi connectivity index (χ2n) is 16.9. The minimum atomic E-state index is -1.77. The van der Waals surface area contributed by atoms with Crippen LogP contribution >= 0.6 is 0 Å². The Balaban J connectivity index is 1.84. The fourth-order valence-corrected chi connectivity index (χ4v) is 7.28. The molecular formula is C49H84O15. The van der Waals surface area contributed by atoms with Crippen LogP contribution in [0.25, 0.3) is 0 Å². The summed E-state index contributed by atoms with van der Waals surface area (Å²) in [7, 11) is 0. The maximum absolute atomic E-state index is 13.0. The van der Waals surface area contributed by atoms with Crippen molar-refractivity contribution in [1.82, 2.24) is 0 Å². The molecular weight excluding hydrogens is 829 g/mol. The summed E-state index contributed by atoms with van der Waals surface area (Å²) in [4.78, 5) is 25.7. The normalized spacial score (nSPS) is 27.0. The molecule has 15 heteroatoms. The predicted molar refractivity (Wildman–Crippen MR) is 243 cm³/mol. The van der Waals surface area contributed by atoms with E-state index in [0.717, 1.165) is 89.9 Å². The van der Waals surface area contributed by atoms with Gasteiger partial charge in [-0.1, -0.05) is 120 Å². The van der Waals surface area contributed by atoms with Crippen molar-refractivity contribution in [3.63, 3.8) is 0 Å². The Bertz CT molecular complexity index is 1300. The summed E-state index contributed by atoms with van der Waals surface area (Å²) >= 11 is 0. The SMILES string of the molecule is CC/C=C/C/C=C/C/C=C/CCCCCCCC(=O)OC[C@H](CO[C@@H]1O[C@H](CO[C@@H]2O[C@H](CO)[C@H](O)C(O)C2O)[C@H](O)C(O)C1O)OC(=O)CCCCCCC/C=C/CCCCCC. The second kappa shape index (κ2) is 36.6. The quantitative estimate of drug-likeness (QED) is 0.0220. The predicted octanol–water partition coefficient (Wildman–Crippen LogP) is 5.93. The number of hydrogen-bond acceptors (Lipinski definition) is 15. The Kier molecular flexibility index (Phi) is 32.9. The molecule has 2 aliphatic heterocycles. The van der Waals surface area contributed by atoms with Crippen molar-refractivity contribution in [2.24, 2.45) is 0 Å². The van der Waals surface area contributed by atoms with Crippen LogP contribution in [0.15, 0.2) is 48.6 Å². The Morgan fingerprint density at radius 3 is 1.56 bits per heavy atom. The van der Waals surface area contributed by atoms with Gasteiger partial charge in [-0.05, 0) is 70.6 Å². The van der Waals surface area contributed by atoms with Gasteiger partial charge in [-0.2, -0.15) is 0 Å². The van der Waals surface area contributed by atoms with Crippen molar-refractivity contribution in [1.29, 1.82) is 0 Å².